The Morgan fingerprint density at radius 3 is 2.69 bits per heavy atom. The third-order valence-electron chi connectivity index (χ3n) is 3.82. The summed E-state index contributed by atoms with van der Waals surface area (Å²) in [5.41, 5.74) is 1.86. The summed E-state index contributed by atoms with van der Waals surface area (Å²) < 4.78 is 6.94. The molecular weight excluding hydrogens is 375 g/mol. The first kappa shape index (κ1) is 16.8. The highest BCUT2D eigenvalue weighted by Gasteiger charge is 2.19. The fourth-order valence-electron chi connectivity index (χ4n) is 2.73. The standard InChI is InChI=1S/C18H12Cl2N4O2/c1-9-6-11-15(13(20)7-9)22-17(26-18(11)25)14-8-10(2)23-24(14)16-12(19)4-3-5-21-16/h3-8H,1-2H3. The van der Waals surface area contributed by atoms with Gasteiger partial charge in [0.25, 0.3) is 0 Å². The number of rotatable bonds is 2. The van der Waals surface area contributed by atoms with Gasteiger partial charge < -0.3 is 4.42 Å². The summed E-state index contributed by atoms with van der Waals surface area (Å²) in [4.78, 5) is 21.2. The molecule has 0 unspecified atom stereocenters. The number of hydrogen-bond acceptors (Lipinski definition) is 5. The molecule has 4 aromatic rings. The highest BCUT2D eigenvalue weighted by Crippen LogP contribution is 2.28. The van der Waals surface area contributed by atoms with Crippen LogP contribution in [-0.4, -0.2) is 19.7 Å². The molecule has 3 aromatic heterocycles. The van der Waals surface area contributed by atoms with E-state index in [-0.39, 0.29) is 5.89 Å². The van der Waals surface area contributed by atoms with Crippen LogP contribution in [0.5, 0.6) is 0 Å². The first-order valence-corrected chi connectivity index (χ1v) is 8.48. The van der Waals surface area contributed by atoms with Crippen molar-refractivity contribution in [1.29, 1.82) is 0 Å². The molecule has 3 heterocycles. The van der Waals surface area contributed by atoms with Crippen LogP contribution in [0.15, 0.2) is 45.7 Å². The number of benzene rings is 1. The predicted octanol–water partition coefficient (Wildman–Crippen LogP) is 4.36. The van der Waals surface area contributed by atoms with Crippen molar-refractivity contribution in [3.8, 4) is 17.4 Å². The van der Waals surface area contributed by atoms with Gasteiger partial charge >= 0.3 is 5.63 Å². The summed E-state index contributed by atoms with van der Waals surface area (Å²) >= 11 is 12.5. The number of halogens is 2. The molecule has 1 aromatic carbocycles. The molecule has 0 aliphatic rings. The van der Waals surface area contributed by atoms with Crippen molar-refractivity contribution >= 4 is 34.1 Å². The van der Waals surface area contributed by atoms with E-state index >= 15 is 0 Å². The van der Waals surface area contributed by atoms with Gasteiger partial charge in [0, 0.05) is 6.20 Å². The number of nitrogens with zero attached hydrogens (tertiary/aromatic N) is 4. The lowest BCUT2D eigenvalue weighted by Gasteiger charge is -2.08. The lowest BCUT2D eigenvalue weighted by Crippen LogP contribution is -2.07. The van der Waals surface area contributed by atoms with E-state index in [9.17, 15) is 4.79 Å². The summed E-state index contributed by atoms with van der Waals surface area (Å²) in [7, 11) is 0. The first-order chi connectivity index (χ1) is 12.4. The van der Waals surface area contributed by atoms with Gasteiger partial charge in [0.15, 0.2) is 5.82 Å². The zero-order valence-corrected chi connectivity index (χ0v) is 15.3. The molecule has 0 N–H and O–H groups in total. The Balaban J connectivity index is 2.01. The van der Waals surface area contributed by atoms with Gasteiger partial charge in [-0.15, -0.1) is 0 Å². The second kappa shape index (κ2) is 6.23. The van der Waals surface area contributed by atoms with E-state index in [2.05, 4.69) is 15.1 Å². The van der Waals surface area contributed by atoms with Gasteiger partial charge in [-0.3, -0.25) is 0 Å². The van der Waals surface area contributed by atoms with Crippen molar-refractivity contribution in [2.45, 2.75) is 13.8 Å². The number of pyridine rings is 1. The van der Waals surface area contributed by atoms with E-state index in [1.165, 1.54) is 4.68 Å². The maximum Gasteiger partial charge on any atom is 0.347 e. The van der Waals surface area contributed by atoms with Crippen molar-refractivity contribution < 1.29 is 4.42 Å². The van der Waals surface area contributed by atoms with Gasteiger partial charge in [-0.2, -0.15) is 5.10 Å². The zero-order chi connectivity index (χ0) is 18.4. The first-order valence-electron chi connectivity index (χ1n) is 7.73. The van der Waals surface area contributed by atoms with Crippen LogP contribution in [0.3, 0.4) is 0 Å². The van der Waals surface area contributed by atoms with Gasteiger partial charge in [-0.1, -0.05) is 23.2 Å². The predicted molar refractivity (Wildman–Crippen MR) is 100 cm³/mol. The lowest BCUT2D eigenvalue weighted by molar-refractivity contribution is 0.513. The normalized spacial score (nSPS) is 11.2. The van der Waals surface area contributed by atoms with E-state index in [1.54, 1.807) is 36.5 Å². The van der Waals surface area contributed by atoms with Crippen LogP contribution in [0.2, 0.25) is 10.0 Å². The topological polar surface area (TPSA) is 73.8 Å². The molecule has 0 bridgehead atoms. The summed E-state index contributed by atoms with van der Waals surface area (Å²) in [6, 6.07) is 8.61. The largest absolute Gasteiger partial charge is 0.401 e. The van der Waals surface area contributed by atoms with E-state index < -0.39 is 5.63 Å². The highest BCUT2D eigenvalue weighted by molar-refractivity contribution is 6.35. The second-order valence-corrected chi connectivity index (χ2v) is 6.66. The van der Waals surface area contributed by atoms with Crippen LogP contribution in [0, 0.1) is 13.8 Å². The Labute approximate surface area is 158 Å². The molecule has 0 aliphatic heterocycles. The quantitative estimate of drug-likeness (QED) is 0.511. The Kier molecular flexibility index (Phi) is 4.01. The fourth-order valence-corrected chi connectivity index (χ4v) is 3.24. The van der Waals surface area contributed by atoms with Crippen molar-refractivity contribution in [3.63, 3.8) is 0 Å². The summed E-state index contributed by atoms with van der Waals surface area (Å²) in [5, 5.41) is 5.52. The fraction of sp³-hybridized carbons (Fsp3) is 0.111. The van der Waals surface area contributed by atoms with Crippen LogP contribution < -0.4 is 5.63 Å². The van der Waals surface area contributed by atoms with Gasteiger partial charge in [0.1, 0.15) is 11.2 Å². The maximum atomic E-state index is 12.5. The molecule has 6 nitrogen and oxygen atoms in total. The van der Waals surface area contributed by atoms with E-state index in [0.717, 1.165) is 5.56 Å². The van der Waals surface area contributed by atoms with Gasteiger partial charge in [-0.25, -0.2) is 19.4 Å². The van der Waals surface area contributed by atoms with Gasteiger partial charge in [0.05, 0.1) is 21.1 Å². The highest BCUT2D eigenvalue weighted by atomic mass is 35.5. The van der Waals surface area contributed by atoms with E-state index in [4.69, 9.17) is 27.6 Å². The Hall–Kier alpha value is -2.70. The van der Waals surface area contributed by atoms with Crippen molar-refractivity contribution in [2.24, 2.45) is 0 Å². The molecule has 4 rings (SSSR count). The minimum Gasteiger partial charge on any atom is -0.401 e. The molecule has 0 saturated carbocycles. The molecular formula is C18H12Cl2N4O2. The molecule has 0 amide bonds. The molecule has 26 heavy (non-hydrogen) atoms. The molecule has 0 saturated heterocycles. The van der Waals surface area contributed by atoms with Crippen molar-refractivity contribution in [3.05, 3.63) is 68.3 Å². The summed E-state index contributed by atoms with van der Waals surface area (Å²) in [5.74, 6) is 0.507. The van der Waals surface area contributed by atoms with Crippen molar-refractivity contribution in [1.82, 2.24) is 19.7 Å². The van der Waals surface area contributed by atoms with Crippen LogP contribution >= 0.6 is 23.2 Å². The molecule has 0 radical (unpaired) electrons. The number of aromatic nitrogens is 4. The third-order valence-corrected chi connectivity index (χ3v) is 4.40. The van der Waals surface area contributed by atoms with Crippen LogP contribution in [0.4, 0.5) is 0 Å². The third kappa shape index (κ3) is 2.77. The van der Waals surface area contributed by atoms with E-state index in [0.29, 0.717) is 38.2 Å². The molecule has 0 spiro atoms. The summed E-state index contributed by atoms with van der Waals surface area (Å²) in [6.07, 6.45) is 1.60. The van der Waals surface area contributed by atoms with Crippen LogP contribution in [-0.2, 0) is 0 Å². The van der Waals surface area contributed by atoms with Crippen LogP contribution in [0.25, 0.3) is 28.3 Å². The Morgan fingerprint density at radius 2 is 1.92 bits per heavy atom. The van der Waals surface area contributed by atoms with Crippen LogP contribution in [0.1, 0.15) is 11.3 Å². The van der Waals surface area contributed by atoms with Gasteiger partial charge in [0.2, 0.25) is 5.89 Å². The average Bonchev–Trinajstić information content (AvgIpc) is 2.97. The average molecular weight is 387 g/mol. The maximum absolute atomic E-state index is 12.5. The Bertz CT molecular complexity index is 1210. The minimum atomic E-state index is -0.520. The monoisotopic (exact) mass is 386 g/mol. The minimum absolute atomic E-state index is 0.0931. The number of fused-ring (bicyclic) bond motifs is 1. The Morgan fingerprint density at radius 1 is 1.12 bits per heavy atom. The zero-order valence-electron chi connectivity index (χ0n) is 13.8. The van der Waals surface area contributed by atoms with Gasteiger partial charge in [-0.05, 0) is 49.7 Å². The molecule has 8 heteroatoms. The summed E-state index contributed by atoms with van der Waals surface area (Å²) in [6.45, 7) is 3.66. The molecule has 130 valence electrons. The molecule has 0 atom stereocenters. The SMILES string of the molecule is Cc1cc(Cl)c2nc(-c3cc(C)nn3-c3ncccc3Cl)oc(=O)c2c1. The number of aryl methyl sites for hydroxylation is 2. The second-order valence-electron chi connectivity index (χ2n) is 5.84. The smallest absolute Gasteiger partial charge is 0.347 e. The molecule has 0 fully saturated rings. The lowest BCUT2D eigenvalue weighted by atomic mass is 10.2. The number of hydrogen-bond donors (Lipinski definition) is 0. The van der Waals surface area contributed by atoms with E-state index in [1.807, 2.05) is 13.8 Å². The van der Waals surface area contributed by atoms with Crippen molar-refractivity contribution in [2.75, 3.05) is 0 Å². The molecule has 0 aliphatic carbocycles.